The molecule has 140 valence electrons. The van der Waals surface area contributed by atoms with E-state index in [0.29, 0.717) is 41.9 Å². The minimum atomic E-state index is -0.225. The Morgan fingerprint density at radius 2 is 2.00 bits per heavy atom. The van der Waals surface area contributed by atoms with Gasteiger partial charge in [0.2, 0.25) is 5.91 Å². The minimum Gasteiger partial charge on any atom is -0.354 e. The number of piperidine rings is 1. The maximum Gasteiger partial charge on any atom is 0.252 e. The van der Waals surface area contributed by atoms with E-state index >= 15 is 0 Å². The van der Waals surface area contributed by atoms with Crippen LogP contribution in [-0.2, 0) is 4.79 Å². The number of hydrogen-bond acceptors (Lipinski definition) is 3. The second-order valence-electron chi connectivity index (χ2n) is 6.37. The van der Waals surface area contributed by atoms with Gasteiger partial charge in [-0.15, -0.1) is 12.4 Å². The van der Waals surface area contributed by atoms with Crippen molar-refractivity contribution >= 4 is 35.8 Å². The van der Waals surface area contributed by atoms with Crippen molar-refractivity contribution in [1.82, 2.24) is 16.0 Å². The monoisotopic (exact) mass is 387 g/mol. The molecular formula is C18H27Cl2N3O2. The fourth-order valence-electron chi connectivity index (χ4n) is 3.01. The number of nitrogens with one attached hydrogen (secondary N) is 3. The molecule has 0 spiro atoms. The van der Waals surface area contributed by atoms with Crippen molar-refractivity contribution in [2.75, 3.05) is 26.2 Å². The third-order valence-corrected chi connectivity index (χ3v) is 4.83. The van der Waals surface area contributed by atoms with Gasteiger partial charge in [0.1, 0.15) is 0 Å². The van der Waals surface area contributed by atoms with E-state index in [-0.39, 0.29) is 24.2 Å². The summed E-state index contributed by atoms with van der Waals surface area (Å²) in [5, 5.41) is 9.44. The molecule has 0 radical (unpaired) electrons. The number of rotatable bonds is 7. The van der Waals surface area contributed by atoms with E-state index < -0.39 is 0 Å². The SMILES string of the molecule is CC(CC(=O)NCCNC(=O)c1ccccc1Cl)C1CCCNC1.Cl. The number of hydrogen-bond donors (Lipinski definition) is 3. The molecular weight excluding hydrogens is 361 g/mol. The molecule has 1 heterocycles. The molecule has 1 aromatic carbocycles. The van der Waals surface area contributed by atoms with E-state index in [1.54, 1.807) is 24.3 Å². The zero-order chi connectivity index (χ0) is 17.4. The molecule has 1 saturated heterocycles. The number of amides is 2. The second kappa shape index (κ2) is 11.3. The average molecular weight is 388 g/mol. The summed E-state index contributed by atoms with van der Waals surface area (Å²) in [5.74, 6) is 0.761. The molecule has 0 saturated carbocycles. The molecule has 1 fully saturated rings. The van der Waals surface area contributed by atoms with E-state index in [9.17, 15) is 9.59 Å². The predicted molar refractivity (Wildman–Crippen MR) is 103 cm³/mol. The Bertz CT molecular complexity index is 563. The van der Waals surface area contributed by atoms with Crippen LogP contribution in [0.1, 0.15) is 36.5 Å². The predicted octanol–water partition coefficient (Wildman–Crippen LogP) is 2.63. The number of carbonyl (C=O) groups is 2. The van der Waals surface area contributed by atoms with E-state index in [1.165, 1.54) is 12.8 Å². The third-order valence-electron chi connectivity index (χ3n) is 4.50. The van der Waals surface area contributed by atoms with Gasteiger partial charge < -0.3 is 16.0 Å². The Labute approximate surface area is 160 Å². The summed E-state index contributed by atoms with van der Waals surface area (Å²) < 4.78 is 0. The second-order valence-corrected chi connectivity index (χ2v) is 6.78. The Morgan fingerprint density at radius 3 is 2.68 bits per heavy atom. The fourth-order valence-corrected chi connectivity index (χ4v) is 3.24. The number of benzene rings is 1. The van der Waals surface area contributed by atoms with E-state index in [1.807, 2.05) is 0 Å². The summed E-state index contributed by atoms with van der Waals surface area (Å²) in [7, 11) is 0. The summed E-state index contributed by atoms with van der Waals surface area (Å²) >= 11 is 5.98. The van der Waals surface area contributed by atoms with Gasteiger partial charge in [-0.2, -0.15) is 0 Å². The van der Waals surface area contributed by atoms with Gasteiger partial charge >= 0.3 is 0 Å². The van der Waals surface area contributed by atoms with Crippen molar-refractivity contribution in [2.45, 2.75) is 26.2 Å². The van der Waals surface area contributed by atoms with Crippen LogP contribution in [0.25, 0.3) is 0 Å². The Balaban J connectivity index is 0.00000312. The standard InChI is InChI=1S/C18H26ClN3O2.ClH/c1-13(14-5-4-8-20-12-14)11-17(23)21-9-10-22-18(24)15-6-2-3-7-16(15)19;/h2-3,6-7,13-14,20H,4-5,8-12H2,1H3,(H,21,23)(H,22,24);1H. The molecule has 3 N–H and O–H groups in total. The topological polar surface area (TPSA) is 70.2 Å². The molecule has 1 aliphatic heterocycles. The Morgan fingerprint density at radius 1 is 1.28 bits per heavy atom. The molecule has 25 heavy (non-hydrogen) atoms. The van der Waals surface area contributed by atoms with Crippen molar-refractivity contribution < 1.29 is 9.59 Å². The van der Waals surface area contributed by atoms with Crippen LogP contribution >= 0.6 is 24.0 Å². The fraction of sp³-hybridized carbons (Fsp3) is 0.556. The average Bonchev–Trinajstić information content (AvgIpc) is 2.59. The van der Waals surface area contributed by atoms with Gasteiger partial charge in [0.15, 0.2) is 0 Å². The van der Waals surface area contributed by atoms with E-state index in [2.05, 4.69) is 22.9 Å². The highest BCUT2D eigenvalue weighted by atomic mass is 35.5. The van der Waals surface area contributed by atoms with Crippen LogP contribution in [0.3, 0.4) is 0 Å². The van der Waals surface area contributed by atoms with Gasteiger partial charge in [-0.1, -0.05) is 30.7 Å². The molecule has 7 heteroatoms. The smallest absolute Gasteiger partial charge is 0.252 e. The summed E-state index contributed by atoms with van der Waals surface area (Å²) in [6.07, 6.45) is 2.91. The highest BCUT2D eigenvalue weighted by molar-refractivity contribution is 6.33. The van der Waals surface area contributed by atoms with Crippen LogP contribution < -0.4 is 16.0 Å². The van der Waals surface area contributed by atoms with Crippen LogP contribution in [0.2, 0.25) is 5.02 Å². The maximum atomic E-state index is 12.0. The number of carbonyl (C=O) groups excluding carboxylic acids is 2. The lowest BCUT2D eigenvalue weighted by atomic mass is 9.85. The van der Waals surface area contributed by atoms with Crippen molar-refractivity contribution in [3.8, 4) is 0 Å². The summed E-state index contributed by atoms with van der Waals surface area (Å²) in [4.78, 5) is 24.0. The first-order valence-electron chi connectivity index (χ1n) is 8.58. The summed E-state index contributed by atoms with van der Waals surface area (Å²) in [5.41, 5.74) is 0.448. The molecule has 2 unspecified atom stereocenters. The minimum absolute atomic E-state index is 0. The molecule has 0 aromatic heterocycles. The molecule has 5 nitrogen and oxygen atoms in total. The molecule has 2 amide bonds. The van der Waals surface area contributed by atoms with Gasteiger partial charge in [0, 0.05) is 19.5 Å². The first-order chi connectivity index (χ1) is 11.6. The normalized spacial score (nSPS) is 17.9. The highest BCUT2D eigenvalue weighted by Gasteiger charge is 2.21. The van der Waals surface area contributed by atoms with Gasteiger partial charge in [0.05, 0.1) is 10.6 Å². The highest BCUT2D eigenvalue weighted by Crippen LogP contribution is 2.22. The molecule has 0 aliphatic carbocycles. The first-order valence-corrected chi connectivity index (χ1v) is 8.96. The molecule has 2 atom stereocenters. The first kappa shape index (κ1) is 21.7. The molecule has 2 rings (SSSR count). The largest absolute Gasteiger partial charge is 0.354 e. The van der Waals surface area contributed by atoms with Crippen molar-refractivity contribution in [3.63, 3.8) is 0 Å². The molecule has 1 aliphatic rings. The lowest BCUT2D eigenvalue weighted by molar-refractivity contribution is -0.122. The zero-order valence-electron chi connectivity index (χ0n) is 14.5. The quantitative estimate of drug-likeness (QED) is 0.629. The Hall–Kier alpha value is -1.30. The van der Waals surface area contributed by atoms with Crippen LogP contribution in [0, 0.1) is 11.8 Å². The maximum absolute atomic E-state index is 12.0. The lowest BCUT2D eigenvalue weighted by Gasteiger charge is -2.28. The van der Waals surface area contributed by atoms with Crippen molar-refractivity contribution in [2.24, 2.45) is 11.8 Å². The van der Waals surface area contributed by atoms with Crippen LogP contribution in [0.4, 0.5) is 0 Å². The van der Waals surface area contributed by atoms with Gasteiger partial charge in [0.25, 0.3) is 5.91 Å². The van der Waals surface area contributed by atoms with Crippen molar-refractivity contribution in [3.05, 3.63) is 34.9 Å². The van der Waals surface area contributed by atoms with Gasteiger partial charge in [-0.3, -0.25) is 9.59 Å². The van der Waals surface area contributed by atoms with Gasteiger partial charge in [-0.25, -0.2) is 0 Å². The lowest BCUT2D eigenvalue weighted by Crippen LogP contribution is -2.38. The summed E-state index contributed by atoms with van der Waals surface area (Å²) in [6.45, 7) is 5.03. The van der Waals surface area contributed by atoms with E-state index in [0.717, 1.165) is 13.1 Å². The molecule has 1 aromatic rings. The summed E-state index contributed by atoms with van der Waals surface area (Å²) in [6, 6.07) is 6.91. The molecule has 0 bridgehead atoms. The van der Waals surface area contributed by atoms with Crippen LogP contribution in [0.15, 0.2) is 24.3 Å². The van der Waals surface area contributed by atoms with Crippen LogP contribution in [0.5, 0.6) is 0 Å². The number of halogens is 2. The van der Waals surface area contributed by atoms with Gasteiger partial charge in [-0.05, 0) is 49.9 Å². The van der Waals surface area contributed by atoms with Crippen molar-refractivity contribution in [1.29, 1.82) is 0 Å². The van der Waals surface area contributed by atoms with E-state index in [4.69, 9.17) is 11.6 Å². The Kier molecular flexibility index (Phi) is 9.86. The van der Waals surface area contributed by atoms with Crippen LogP contribution in [-0.4, -0.2) is 38.0 Å². The third kappa shape index (κ3) is 7.22. The zero-order valence-corrected chi connectivity index (χ0v) is 16.1.